The predicted octanol–water partition coefficient (Wildman–Crippen LogP) is 3.21. The number of halogens is 1. The van der Waals surface area contributed by atoms with Crippen molar-refractivity contribution in [2.24, 2.45) is 0 Å². The second-order valence-corrected chi connectivity index (χ2v) is 4.49. The van der Waals surface area contributed by atoms with Crippen molar-refractivity contribution in [3.05, 3.63) is 33.2 Å². The van der Waals surface area contributed by atoms with E-state index >= 15 is 0 Å². The van der Waals surface area contributed by atoms with Crippen molar-refractivity contribution >= 4 is 11.6 Å². The van der Waals surface area contributed by atoms with Crippen LogP contribution in [0.25, 0.3) is 0 Å². The van der Waals surface area contributed by atoms with E-state index in [4.69, 9.17) is 11.6 Å². The molecule has 1 heterocycles. The minimum atomic E-state index is -0.105. The van der Waals surface area contributed by atoms with Gasteiger partial charge < -0.3 is 4.57 Å². The molecule has 0 unspecified atom stereocenters. The summed E-state index contributed by atoms with van der Waals surface area (Å²) in [5.41, 5.74) is 0.995. The van der Waals surface area contributed by atoms with Gasteiger partial charge >= 0.3 is 0 Å². The van der Waals surface area contributed by atoms with Gasteiger partial charge in [0.15, 0.2) is 0 Å². The highest BCUT2D eigenvalue weighted by Crippen LogP contribution is 2.17. The number of hydrogen-bond donors (Lipinski definition) is 0. The van der Waals surface area contributed by atoms with Gasteiger partial charge in [-0.2, -0.15) is 0 Å². The summed E-state index contributed by atoms with van der Waals surface area (Å²) in [5.74, 6) is 0.387. The first-order valence-electron chi connectivity index (χ1n) is 4.85. The van der Waals surface area contributed by atoms with Crippen LogP contribution in [0, 0.1) is 0 Å². The van der Waals surface area contributed by atoms with E-state index in [0.717, 1.165) is 5.56 Å². The Morgan fingerprint density at radius 2 is 1.86 bits per heavy atom. The van der Waals surface area contributed by atoms with Crippen LogP contribution in [0.15, 0.2) is 17.1 Å². The van der Waals surface area contributed by atoms with Crippen molar-refractivity contribution in [1.29, 1.82) is 0 Å². The van der Waals surface area contributed by atoms with Crippen LogP contribution in [-0.2, 0) is 0 Å². The molecule has 0 atom stereocenters. The van der Waals surface area contributed by atoms with Gasteiger partial charge in [0.1, 0.15) is 5.02 Å². The maximum absolute atomic E-state index is 11.6. The lowest BCUT2D eigenvalue weighted by Gasteiger charge is -2.14. The molecule has 0 amide bonds. The summed E-state index contributed by atoms with van der Waals surface area (Å²) in [5, 5.41) is 0.310. The molecule has 1 rings (SSSR count). The smallest absolute Gasteiger partial charge is 0.269 e. The molecule has 0 saturated heterocycles. The quantitative estimate of drug-likeness (QED) is 0.740. The maximum Gasteiger partial charge on any atom is 0.269 e. The highest BCUT2D eigenvalue weighted by molar-refractivity contribution is 6.30. The zero-order chi connectivity index (χ0) is 10.9. The van der Waals surface area contributed by atoms with E-state index in [9.17, 15) is 4.79 Å². The highest BCUT2D eigenvalue weighted by atomic mass is 35.5. The molecule has 78 valence electrons. The summed E-state index contributed by atoms with van der Waals surface area (Å²) in [6, 6.07) is 1.91. The summed E-state index contributed by atoms with van der Waals surface area (Å²) in [7, 11) is 0. The highest BCUT2D eigenvalue weighted by Gasteiger charge is 2.09. The van der Waals surface area contributed by atoms with E-state index < -0.39 is 0 Å². The molecule has 0 fully saturated rings. The summed E-state index contributed by atoms with van der Waals surface area (Å²) in [6.45, 7) is 8.12. The molecule has 0 aromatic carbocycles. The van der Waals surface area contributed by atoms with Crippen molar-refractivity contribution in [3.63, 3.8) is 0 Å². The van der Waals surface area contributed by atoms with Gasteiger partial charge in [-0.1, -0.05) is 25.4 Å². The van der Waals surface area contributed by atoms with Crippen LogP contribution in [0.1, 0.15) is 45.2 Å². The zero-order valence-corrected chi connectivity index (χ0v) is 9.80. The lowest BCUT2D eigenvalue weighted by atomic mass is 10.1. The van der Waals surface area contributed by atoms with Gasteiger partial charge in [0, 0.05) is 12.2 Å². The molecule has 1 aromatic rings. The van der Waals surface area contributed by atoms with Crippen molar-refractivity contribution in [3.8, 4) is 0 Å². The Morgan fingerprint density at radius 1 is 1.29 bits per heavy atom. The molecule has 2 nitrogen and oxygen atoms in total. The number of aromatic nitrogens is 1. The molecular weight excluding hydrogens is 198 g/mol. The molecule has 0 aliphatic carbocycles. The van der Waals surface area contributed by atoms with Crippen LogP contribution in [0.4, 0.5) is 0 Å². The molecule has 0 N–H and O–H groups in total. The van der Waals surface area contributed by atoms with E-state index in [1.165, 1.54) is 0 Å². The molecule has 3 heteroatoms. The predicted molar refractivity (Wildman–Crippen MR) is 60.2 cm³/mol. The van der Waals surface area contributed by atoms with Crippen molar-refractivity contribution in [1.82, 2.24) is 4.57 Å². The van der Waals surface area contributed by atoms with Crippen LogP contribution < -0.4 is 5.56 Å². The fraction of sp³-hybridized carbons (Fsp3) is 0.545. The fourth-order valence-electron chi connectivity index (χ4n) is 1.29. The van der Waals surface area contributed by atoms with Gasteiger partial charge in [0.2, 0.25) is 0 Å². The van der Waals surface area contributed by atoms with Crippen molar-refractivity contribution in [2.45, 2.75) is 39.7 Å². The third-order valence-corrected chi connectivity index (χ3v) is 2.51. The normalized spacial score (nSPS) is 11.4. The van der Waals surface area contributed by atoms with Gasteiger partial charge in [-0.3, -0.25) is 4.79 Å². The van der Waals surface area contributed by atoms with E-state index in [2.05, 4.69) is 13.8 Å². The summed E-state index contributed by atoms with van der Waals surface area (Å²) in [4.78, 5) is 11.6. The Morgan fingerprint density at radius 3 is 2.29 bits per heavy atom. The first kappa shape index (κ1) is 11.3. The number of pyridine rings is 1. The van der Waals surface area contributed by atoms with E-state index in [1.54, 1.807) is 10.6 Å². The molecule has 0 aliphatic rings. The second kappa shape index (κ2) is 4.18. The largest absolute Gasteiger partial charge is 0.311 e. The average Bonchev–Trinajstić information content (AvgIpc) is 2.08. The molecular formula is C11H16ClNO. The minimum absolute atomic E-state index is 0.105. The molecule has 0 bridgehead atoms. The van der Waals surface area contributed by atoms with Crippen LogP contribution in [-0.4, -0.2) is 4.57 Å². The Kier molecular flexibility index (Phi) is 3.38. The minimum Gasteiger partial charge on any atom is -0.311 e. The van der Waals surface area contributed by atoms with Gasteiger partial charge in [0.05, 0.1) is 0 Å². The molecule has 0 aliphatic heterocycles. The van der Waals surface area contributed by atoms with Crippen molar-refractivity contribution in [2.75, 3.05) is 0 Å². The van der Waals surface area contributed by atoms with Crippen molar-refractivity contribution < 1.29 is 0 Å². The van der Waals surface area contributed by atoms with Crippen LogP contribution in [0.2, 0.25) is 5.02 Å². The first-order chi connectivity index (χ1) is 6.43. The number of hydrogen-bond acceptors (Lipinski definition) is 1. The monoisotopic (exact) mass is 213 g/mol. The molecule has 0 spiro atoms. The average molecular weight is 214 g/mol. The van der Waals surface area contributed by atoms with Crippen LogP contribution in [0.5, 0.6) is 0 Å². The lowest BCUT2D eigenvalue weighted by Crippen LogP contribution is -2.22. The van der Waals surface area contributed by atoms with E-state index in [-0.39, 0.29) is 11.6 Å². The summed E-state index contributed by atoms with van der Waals surface area (Å²) >= 11 is 5.87. The van der Waals surface area contributed by atoms with Gasteiger partial charge in [-0.05, 0) is 31.4 Å². The molecule has 0 radical (unpaired) electrons. The Labute approximate surface area is 89.5 Å². The molecule has 1 aromatic heterocycles. The maximum atomic E-state index is 11.6. The van der Waals surface area contributed by atoms with Crippen LogP contribution in [0.3, 0.4) is 0 Å². The summed E-state index contributed by atoms with van der Waals surface area (Å²) in [6.07, 6.45) is 1.89. The zero-order valence-electron chi connectivity index (χ0n) is 9.04. The Hall–Kier alpha value is -0.760. The SMILES string of the molecule is CC(C)c1cc(Cl)c(=O)n(C(C)C)c1. The first-order valence-corrected chi connectivity index (χ1v) is 5.23. The molecule has 0 saturated carbocycles. The van der Waals surface area contributed by atoms with E-state index in [1.807, 2.05) is 20.0 Å². The molecule has 14 heavy (non-hydrogen) atoms. The van der Waals surface area contributed by atoms with Gasteiger partial charge in [-0.15, -0.1) is 0 Å². The van der Waals surface area contributed by atoms with Gasteiger partial charge in [-0.25, -0.2) is 0 Å². The number of rotatable bonds is 2. The Bertz CT molecular complexity index is 379. The van der Waals surface area contributed by atoms with E-state index in [0.29, 0.717) is 10.9 Å². The summed E-state index contributed by atoms with van der Waals surface area (Å²) < 4.78 is 1.68. The number of nitrogens with zero attached hydrogens (tertiary/aromatic N) is 1. The lowest BCUT2D eigenvalue weighted by molar-refractivity contribution is 0.572. The fourth-order valence-corrected chi connectivity index (χ4v) is 1.51. The second-order valence-electron chi connectivity index (χ2n) is 4.08. The topological polar surface area (TPSA) is 22.0 Å². The third kappa shape index (κ3) is 2.18. The van der Waals surface area contributed by atoms with Gasteiger partial charge in [0.25, 0.3) is 5.56 Å². The van der Waals surface area contributed by atoms with Crippen LogP contribution >= 0.6 is 11.6 Å². The Balaban J connectivity index is 3.36. The standard InChI is InChI=1S/C11H16ClNO/c1-7(2)9-5-10(12)11(14)13(6-9)8(3)4/h5-8H,1-4H3. The third-order valence-electron chi connectivity index (χ3n) is 2.24.